The van der Waals surface area contributed by atoms with Crippen molar-refractivity contribution >= 4 is 28.2 Å². The lowest BCUT2D eigenvalue weighted by Crippen LogP contribution is -1.93. The van der Waals surface area contributed by atoms with Gasteiger partial charge in [0.1, 0.15) is 0 Å². The number of pyridine rings is 1. The molecule has 0 aliphatic carbocycles. The number of fused-ring (bicyclic) bond motifs is 2. The van der Waals surface area contributed by atoms with E-state index in [-0.39, 0.29) is 0 Å². The highest BCUT2D eigenvalue weighted by atomic mass is 15.3. The summed E-state index contributed by atoms with van der Waals surface area (Å²) in [4.78, 5) is 4.41. The molecule has 6 nitrogen and oxygen atoms in total. The zero-order valence-corrected chi connectivity index (χ0v) is 10.8. The summed E-state index contributed by atoms with van der Waals surface area (Å²) in [6.45, 7) is 2.01. The fraction of sp³-hybridized carbons (Fsp3) is 0.0714. The van der Waals surface area contributed by atoms with Gasteiger partial charge in [-0.2, -0.15) is 10.1 Å². The molecule has 20 heavy (non-hydrogen) atoms. The topological polar surface area (TPSA) is 70.9 Å². The predicted octanol–water partition coefficient (Wildman–Crippen LogP) is 2.66. The Morgan fingerprint density at radius 3 is 3.05 bits per heavy atom. The molecule has 0 aliphatic rings. The van der Waals surface area contributed by atoms with E-state index in [1.807, 2.05) is 49.5 Å². The number of nitrogens with one attached hydrogen (secondary N) is 2. The minimum Gasteiger partial charge on any atom is -0.323 e. The number of aromatic amines is 1. The van der Waals surface area contributed by atoms with Gasteiger partial charge in [0, 0.05) is 23.0 Å². The van der Waals surface area contributed by atoms with Crippen LogP contribution in [-0.4, -0.2) is 24.8 Å². The highest BCUT2D eigenvalue weighted by molar-refractivity contribution is 5.84. The molecule has 0 aliphatic heterocycles. The standard InChI is InChI=1S/C14H12N6/c1-9-11-6-5-10(8-12(11)18-17-9)15-14-16-13-4-2-3-7-20(13)19-14/h2-8H,1H3,(H,15,19)(H,17,18). The number of hydrogen-bond donors (Lipinski definition) is 2. The number of aryl methyl sites for hydroxylation is 1. The van der Waals surface area contributed by atoms with E-state index in [0.717, 1.165) is 27.9 Å². The second kappa shape index (κ2) is 4.06. The molecular weight excluding hydrogens is 252 g/mol. The molecule has 0 amide bonds. The van der Waals surface area contributed by atoms with Crippen molar-refractivity contribution in [2.75, 3.05) is 5.32 Å². The Balaban J connectivity index is 1.72. The van der Waals surface area contributed by atoms with E-state index in [1.54, 1.807) is 4.52 Å². The number of anilines is 2. The fourth-order valence-corrected chi connectivity index (χ4v) is 2.24. The van der Waals surface area contributed by atoms with Gasteiger partial charge in [-0.25, -0.2) is 4.52 Å². The lowest BCUT2D eigenvalue weighted by atomic mass is 10.2. The average molecular weight is 264 g/mol. The Hall–Kier alpha value is -2.89. The second-order valence-corrected chi connectivity index (χ2v) is 4.64. The van der Waals surface area contributed by atoms with Crippen LogP contribution in [0.25, 0.3) is 16.6 Å². The van der Waals surface area contributed by atoms with Gasteiger partial charge in [-0.05, 0) is 37.3 Å². The summed E-state index contributed by atoms with van der Waals surface area (Å²) in [5.41, 5.74) is 3.72. The molecule has 0 saturated carbocycles. The van der Waals surface area contributed by atoms with Crippen LogP contribution >= 0.6 is 0 Å². The average Bonchev–Trinajstić information content (AvgIpc) is 3.02. The van der Waals surface area contributed by atoms with Crippen LogP contribution < -0.4 is 5.32 Å². The summed E-state index contributed by atoms with van der Waals surface area (Å²) in [5.74, 6) is 0.572. The Bertz CT molecular complexity index is 871. The molecule has 2 N–H and O–H groups in total. The molecule has 0 spiro atoms. The van der Waals surface area contributed by atoms with E-state index in [0.29, 0.717) is 5.95 Å². The summed E-state index contributed by atoms with van der Waals surface area (Å²) in [6, 6.07) is 11.8. The van der Waals surface area contributed by atoms with E-state index in [4.69, 9.17) is 0 Å². The molecule has 0 radical (unpaired) electrons. The predicted molar refractivity (Wildman–Crippen MR) is 77.1 cm³/mol. The smallest absolute Gasteiger partial charge is 0.247 e. The van der Waals surface area contributed by atoms with Crippen LogP contribution in [0.15, 0.2) is 42.6 Å². The van der Waals surface area contributed by atoms with Gasteiger partial charge in [0.05, 0.1) is 5.52 Å². The van der Waals surface area contributed by atoms with Crippen LogP contribution in [0.5, 0.6) is 0 Å². The first-order valence-corrected chi connectivity index (χ1v) is 6.33. The molecule has 0 unspecified atom stereocenters. The van der Waals surface area contributed by atoms with Crippen molar-refractivity contribution in [3.63, 3.8) is 0 Å². The summed E-state index contributed by atoms with van der Waals surface area (Å²) >= 11 is 0. The van der Waals surface area contributed by atoms with Crippen molar-refractivity contribution in [2.45, 2.75) is 6.92 Å². The van der Waals surface area contributed by atoms with Crippen molar-refractivity contribution in [1.29, 1.82) is 0 Å². The minimum atomic E-state index is 0.572. The molecule has 98 valence electrons. The molecular formula is C14H12N6. The van der Waals surface area contributed by atoms with E-state index in [1.165, 1.54) is 0 Å². The number of nitrogens with zero attached hydrogens (tertiary/aromatic N) is 4. The third-order valence-electron chi connectivity index (χ3n) is 3.24. The lowest BCUT2D eigenvalue weighted by Gasteiger charge is -2.00. The number of hydrogen-bond acceptors (Lipinski definition) is 4. The Morgan fingerprint density at radius 2 is 2.15 bits per heavy atom. The van der Waals surface area contributed by atoms with Crippen LogP contribution in [0.4, 0.5) is 11.6 Å². The van der Waals surface area contributed by atoms with Crippen molar-refractivity contribution in [2.24, 2.45) is 0 Å². The summed E-state index contributed by atoms with van der Waals surface area (Å²) in [6.07, 6.45) is 1.87. The Morgan fingerprint density at radius 1 is 1.20 bits per heavy atom. The van der Waals surface area contributed by atoms with Crippen LogP contribution in [0, 0.1) is 6.92 Å². The third-order valence-corrected chi connectivity index (χ3v) is 3.24. The minimum absolute atomic E-state index is 0.572. The van der Waals surface area contributed by atoms with Crippen molar-refractivity contribution in [3.8, 4) is 0 Å². The summed E-state index contributed by atoms with van der Waals surface area (Å²) in [5, 5.41) is 15.9. The van der Waals surface area contributed by atoms with E-state index in [9.17, 15) is 0 Å². The molecule has 0 atom stereocenters. The van der Waals surface area contributed by atoms with E-state index < -0.39 is 0 Å². The summed E-state index contributed by atoms with van der Waals surface area (Å²) in [7, 11) is 0. The van der Waals surface area contributed by atoms with E-state index in [2.05, 4.69) is 25.6 Å². The fourth-order valence-electron chi connectivity index (χ4n) is 2.24. The van der Waals surface area contributed by atoms with Crippen molar-refractivity contribution < 1.29 is 0 Å². The van der Waals surface area contributed by atoms with Gasteiger partial charge in [0.15, 0.2) is 5.65 Å². The van der Waals surface area contributed by atoms with Gasteiger partial charge in [0.2, 0.25) is 5.95 Å². The zero-order chi connectivity index (χ0) is 13.5. The first-order valence-electron chi connectivity index (χ1n) is 6.33. The lowest BCUT2D eigenvalue weighted by molar-refractivity contribution is 0.965. The Kier molecular flexibility index (Phi) is 2.23. The second-order valence-electron chi connectivity index (χ2n) is 4.64. The quantitative estimate of drug-likeness (QED) is 0.584. The number of benzene rings is 1. The third kappa shape index (κ3) is 1.70. The Labute approximate surface area is 114 Å². The van der Waals surface area contributed by atoms with Crippen molar-refractivity contribution in [3.05, 3.63) is 48.3 Å². The van der Waals surface area contributed by atoms with Gasteiger partial charge < -0.3 is 5.32 Å². The van der Waals surface area contributed by atoms with Crippen LogP contribution in [0.2, 0.25) is 0 Å². The highest BCUT2D eigenvalue weighted by Crippen LogP contribution is 2.21. The SMILES string of the molecule is Cc1[nH]nc2cc(Nc3nc4ccccn4n3)ccc12. The van der Waals surface area contributed by atoms with Crippen LogP contribution in [0.1, 0.15) is 5.69 Å². The van der Waals surface area contributed by atoms with E-state index >= 15 is 0 Å². The molecule has 0 saturated heterocycles. The van der Waals surface area contributed by atoms with Gasteiger partial charge >= 0.3 is 0 Å². The largest absolute Gasteiger partial charge is 0.323 e. The number of aromatic nitrogens is 5. The maximum absolute atomic E-state index is 4.41. The molecule has 4 aromatic rings. The maximum atomic E-state index is 4.41. The van der Waals surface area contributed by atoms with Crippen LogP contribution in [-0.2, 0) is 0 Å². The molecule has 1 aromatic carbocycles. The molecule has 3 heterocycles. The van der Waals surface area contributed by atoms with Gasteiger partial charge in [0.25, 0.3) is 0 Å². The van der Waals surface area contributed by atoms with Crippen molar-refractivity contribution in [1.82, 2.24) is 24.8 Å². The monoisotopic (exact) mass is 264 g/mol. The maximum Gasteiger partial charge on any atom is 0.247 e. The molecule has 0 bridgehead atoms. The molecule has 3 aromatic heterocycles. The zero-order valence-electron chi connectivity index (χ0n) is 10.8. The van der Waals surface area contributed by atoms with Gasteiger partial charge in [-0.15, -0.1) is 5.10 Å². The number of H-pyrrole nitrogens is 1. The number of rotatable bonds is 2. The van der Waals surface area contributed by atoms with Gasteiger partial charge in [-0.1, -0.05) is 6.07 Å². The summed E-state index contributed by atoms with van der Waals surface area (Å²) < 4.78 is 1.74. The normalized spacial score (nSPS) is 11.2. The molecule has 6 heteroatoms. The highest BCUT2D eigenvalue weighted by Gasteiger charge is 2.05. The molecule has 0 fully saturated rings. The molecule has 4 rings (SSSR count). The van der Waals surface area contributed by atoms with Crippen LogP contribution in [0.3, 0.4) is 0 Å². The first-order chi connectivity index (χ1) is 9.79. The van der Waals surface area contributed by atoms with Gasteiger partial charge in [-0.3, -0.25) is 5.10 Å². The first kappa shape index (κ1) is 11.0.